The van der Waals surface area contributed by atoms with Crippen LogP contribution in [0.5, 0.6) is 11.5 Å². The normalized spacial score (nSPS) is 14.2. The Hall–Kier alpha value is -13.7. The Bertz CT molecular complexity index is 5730. The Morgan fingerprint density at radius 1 is 0.322 bits per heavy atom. The Balaban J connectivity index is 0.000000174. The van der Waals surface area contributed by atoms with Gasteiger partial charge in [0.05, 0.1) is 144 Å². The molecule has 10 aromatic rings. The number of benzene rings is 10. The Labute approximate surface area is 863 Å². The molecule has 0 unspecified atom stereocenters. The summed E-state index contributed by atoms with van der Waals surface area (Å²) in [4.78, 5) is 72.0. The van der Waals surface area contributed by atoms with Gasteiger partial charge >= 0.3 is 36.0 Å². The fourth-order valence-electron chi connectivity index (χ4n) is 18.2. The van der Waals surface area contributed by atoms with Crippen LogP contribution >= 0.6 is 15.9 Å². The lowest BCUT2D eigenvalue weighted by Gasteiger charge is -2.25. The Morgan fingerprint density at radius 3 is 0.904 bits per heavy atom. The standard InChI is InChI=1S/C24H30N2O5.C24H32N2O4.C23H26FN3O2.C22H26BrFN2O2.C22H26F2N2O2/c1-3-30-23(27)18-11-14-21(26-19-7-5-4-6-8-19)22(15-18)25-16-17-9-12-20(13-10-17)31-24(28)29-2;1-3-30-24(28)19-9-10-22(26-20-7-5-4-6-8-20)23(14-19)25-15-17-11-18(16-27)13-21(12-17)29-2;1-2-29-23(28)17-9-11-21(27-19-6-4-3-5-7-19)22(13-17)26-15-16-8-10-20(24)18(12-16)14-25;2*1-2-28-22(27)16-8-9-20(26-19-6-4-3-5-7-19)21(12-16)25-14-15-10-17(23)13-18(24)11-15/h9-15,19,25-26H,3-8,16H2,1-2H3;9-14,20,25-27H,3-8,15-16H2,1-2H3;8-13,19,26-27H,2-7,15H2,1H3;2*8-13,19,25-26H,2-7,14H2,1H3. The molecule has 146 heavy (non-hydrogen) atoms. The molecule has 5 aliphatic rings. The number of anilines is 10. The van der Waals surface area contributed by atoms with Crippen LogP contribution in [0.1, 0.15) is 286 Å². The second-order valence-electron chi connectivity index (χ2n) is 36.6. The van der Waals surface area contributed by atoms with Crippen molar-refractivity contribution in [2.45, 2.75) is 265 Å². The summed E-state index contributed by atoms with van der Waals surface area (Å²) < 4.78 is 95.3. The van der Waals surface area contributed by atoms with Crippen LogP contribution in [-0.2, 0) is 67.8 Å². The van der Waals surface area contributed by atoms with Crippen molar-refractivity contribution in [1.29, 1.82) is 5.26 Å². The third kappa shape index (κ3) is 37.1. The number of carbonyl (C=O) groups excluding carboxylic acids is 6. The predicted octanol–water partition coefficient (Wildman–Crippen LogP) is 26.9. The van der Waals surface area contributed by atoms with Crippen LogP contribution in [0.15, 0.2) is 193 Å². The van der Waals surface area contributed by atoms with Gasteiger partial charge in [0, 0.05) is 73.5 Å². The van der Waals surface area contributed by atoms with Crippen LogP contribution in [0.25, 0.3) is 0 Å². The van der Waals surface area contributed by atoms with Crippen molar-refractivity contribution in [3.05, 3.63) is 283 Å². The number of aliphatic hydroxyl groups excluding tert-OH is 1. The largest absolute Gasteiger partial charge is 0.513 e. The summed E-state index contributed by atoms with van der Waals surface area (Å²) in [6, 6.07) is 57.0. The molecule has 0 aliphatic heterocycles. The maximum atomic E-state index is 13.7. The SMILES string of the molecule is CCOC(=O)c1ccc(NC2CCCCC2)c(NCc2cc(CO)cc(OC)c2)c1.CCOC(=O)c1ccc(NC2CCCCC2)c(NCc2cc(F)cc(Br)c2)c1.CCOC(=O)c1ccc(NC2CCCCC2)c(NCc2cc(F)cc(F)c2)c1.CCOC(=O)c1ccc(NC2CCCCC2)c(NCc2ccc(F)c(C#N)c2)c1.CCOC(=O)c1ccc(NC2CCCCC2)c(NCc2ccc(OC(=O)OC)cc2)c1. The summed E-state index contributed by atoms with van der Waals surface area (Å²) in [7, 11) is 2.88. The highest BCUT2D eigenvalue weighted by molar-refractivity contribution is 9.10. The minimum absolute atomic E-state index is 0.0186. The molecule has 0 radical (unpaired) electrons. The van der Waals surface area contributed by atoms with E-state index in [9.17, 15) is 51.4 Å². The van der Waals surface area contributed by atoms with Gasteiger partial charge in [-0.1, -0.05) is 137 Å². The Morgan fingerprint density at radius 2 is 0.610 bits per heavy atom. The smallest absolute Gasteiger partial charge is 0.497 e. The lowest BCUT2D eigenvalue weighted by molar-refractivity contribution is 0.0517. The zero-order valence-electron chi connectivity index (χ0n) is 84.7. The van der Waals surface area contributed by atoms with Gasteiger partial charge in [-0.05, 0) is 290 Å². The number of nitriles is 1. The summed E-state index contributed by atoms with van der Waals surface area (Å²) in [5.41, 5.74) is 16.1. The van der Waals surface area contributed by atoms with E-state index in [1.807, 2.05) is 91.0 Å². The van der Waals surface area contributed by atoms with Gasteiger partial charge in [0.15, 0.2) is 0 Å². The highest BCUT2D eigenvalue weighted by Crippen LogP contribution is 2.37. The van der Waals surface area contributed by atoms with E-state index in [2.05, 4.69) is 73.8 Å². The predicted molar refractivity (Wildman–Crippen MR) is 571 cm³/mol. The van der Waals surface area contributed by atoms with E-state index in [0.29, 0.717) is 144 Å². The number of hydrogen-bond acceptors (Lipinski definition) is 26. The lowest BCUT2D eigenvalue weighted by Crippen LogP contribution is -2.23. The molecule has 780 valence electrons. The van der Waals surface area contributed by atoms with Crippen molar-refractivity contribution in [2.75, 3.05) is 100 Å². The van der Waals surface area contributed by atoms with Crippen molar-refractivity contribution in [3.8, 4) is 17.6 Å². The molecule has 0 heterocycles. The molecule has 5 fully saturated rings. The average Bonchev–Trinajstić information content (AvgIpc) is 0.822. The fourth-order valence-corrected chi connectivity index (χ4v) is 18.7. The van der Waals surface area contributed by atoms with Crippen LogP contribution in [0.4, 0.5) is 79.2 Å². The maximum Gasteiger partial charge on any atom is 0.513 e. The first-order chi connectivity index (χ1) is 70.9. The molecule has 11 N–H and O–H groups in total. The number of carbonyl (C=O) groups is 6. The van der Waals surface area contributed by atoms with E-state index in [4.69, 9.17) is 38.4 Å². The highest BCUT2D eigenvalue weighted by Gasteiger charge is 2.25. The second kappa shape index (κ2) is 60.3. The minimum Gasteiger partial charge on any atom is -0.497 e. The van der Waals surface area contributed by atoms with Crippen LogP contribution in [0.3, 0.4) is 0 Å². The summed E-state index contributed by atoms with van der Waals surface area (Å²) in [6.07, 6.45) is 29.3. The molecule has 26 nitrogen and oxygen atoms in total. The average molecular weight is 2070 g/mol. The van der Waals surface area contributed by atoms with Gasteiger partial charge in [0.25, 0.3) is 0 Å². The first kappa shape index (κ1) is 113. The summed E-state index contributed by atoms with van der Waals surface area (Å²) in [5, 5.41) is 53.3. The molecule has 0 saturated heterocycles. The van der Waals surface area contributed by atoms with E-state index in [0.717, 1.165) is 149 Å². The van der Waals surface area contributed by atoms with Gasteiger partial charge < -0.3 is 96.2 Å². The number of nitrogens with one attached hydrogen (secondary N) is 10. The van der Waals surface area contributed by atoms with Gasteiger partial charge in [-0.15, -0.1) is 0 Å². The van der Waals surface area contributed by atoms with Crippen molar-refractivity contribution >= 4 is 109 Å². The van der Waals surface area contributed by atoms with Crippen LogP contribution in [-0.4, -0.2) is 119 Å². The van der Waals surface area contributed by atoms with Crippen LogP contribution in [0.2, 0.25) is 0 Å². The number of esters is 5. The zero-order chi connectivity index (χ0) is 104. The van der Waals surface area contributed by atoms with Gasteiger partial charge in [-0.2, -0.15) is 5.26 Å². The fraction of sp³-hybridized carbons (Fsp3) is 0.417. The molecular formula is C115H140BrF4N11O15. The number of aliphatic hydroxyl groups is 1. The van der Waals surface area contributed by atoms with Crippen molar-refractivity contribution < 1.29 is 89.3 Å². The molecule has 0 bridgehead atoms. The van der Waals surface area contributed by atoms with E-state index < -0.39 is 29.6 Å². The van der Waals surface area contributed by atoms with Crippen molar-refractivity contribution in [1.82, 2.24) is 0 Å². The summed E-state index contributed by atoms with van der Waals surface area (Å²) in [6.45, 7) is 12.7. The molecule has 15 rings (SSSR count). The molecule has 0 amide bonds. The van der Waals surface area contributed by atoms with Crippen LogP contribution in [0, 0.1) is 34.6 Å². The second-order valence-corrected chi connectivity index (χ2v) is 37.5. The number of nitrogens with zero attached hydrogens (tertiary/aromatic N) is 1. The number of rotatable bonds is 38. The van der Waals surface area contributed by atoms with E-state index in [1.54, 1.807) is 102 Å². The molecule has 0 aromatic heterocycles. The van der Waals surface area contributed by atoms with Gasteiger partial charge in [0.1, 0.15) is 40.8 Å². The maximum absolute atomic E-state index is 13.7. The molecule has 0 atom stereocenters. The zero-order valence-corrected chi connectivity index (χ0v) is 86.3. The number of hydrogen-bond donors (Lipinski definition) is 11. The lowest BCUT2D eigenvalue weighted by atomic mass is 9.95. The molecule has 5 saturated carbocycles. The summed E-state index contributed by atoms with van der Waals surface area (Å²) >= 11 is 3.33. The quantitative estimate of drug-likeness (QED) is 0.00741. The third-order valence-electron chi connectivity index (χ3n) is 25.6. The summed E-state index contributed by atoms with van der Waals surface area (Å²) in [5.74, 6) is -2.68. The van der Waals surface area contributed by atoms with Crippen LogP contribution < -0.4 is 62.6 Å². The van der Waals surface area contributed by atoms with E-state index >= 15 is 0 Å². The van der Waals surface area contributed by atoms with Crippen molar-refractivity contribution in [2.24, 2.45) is 0 Å². The van der Waals surface area contributed by atoms with E-state index in [1.165, 1.54) is 140 Å². The molecule has 10 aromatic carbocycles. The Kier molecular flexibility index (Phi) is 46.5. The van der Waals surface area contributed by atoms with Crippen molar-refractivity contribution in [3.63, 3.8) is 0 Å². The number of methoxy groups -OCH3 is 2. The first-order valence-electron chi connectivity index (χ1n) is 51.2. The third-order valence-corrected chi connectivity index (χ3v) is 26.1. The van der Waals surface area contributed by atoms with Gasteiger partial charge in [-0.25, -0.2) is 46.3 Å². The highest BCUT2D eigenvalue weighted by atomic mass is 79.9. The minimum atomic E-state index is -0.750. The molecule has 0 spiro atoms. The number of ether oxygens (including phenoxy) is 8. The molecule has 5 aliphatic carbocycles. The topological polar surface area (TPSA) is 341 Å². The van der Waals surface area contributed by atoms with Gasteiger partial charge in [0.2, 0.25) is 0 Å². The van der Waals surface area contributed by atoms with Gasteiger partial charge in [-0.3, -0.25) is 0 Å². The number of halogens is 5. The monoisotopic (exact) mass is 2070 g/mol. The van der Waals surface area contributed by atoms with E-state index in [-0.39, 0.29) is 48.4 Å². The molecule has 31 heteroatoms. The first-order valence-corrected chi connectivity index (χ1v) is 52.0. The molecular weight excluding hydrogens is 1930 g/mol.